The van der Waals surface area contributed by atoms with Crippen LogP contribution in [0.2, 0.25) is 0 Å². The van der Waals surface area contributed by atoms with E-state index in [0.717, 1.165) is 32.6 Å². The molecule has 0 saturated carbocycles. The Morgan fingerprint density at radius 1 is 0.895 bits per heavy atom. The summed E-state index contributed by atoms with van der Waals surface area (Å²) in [7, 11) is -3.79. The highest BCUT2D eigenvalue weighted by molar-refractivity contribution is 9.10. The maximum Gasteiger partial charge on any atom is 0.244 e. The topological polar surface area (TPSA) is 86.8 Å². The Hall–Kier alpha value is -3.17. The smallest absolute Gasteiger partial charge is 0.244 e. The van der Waals surface area contributed by atoms with E-state index >= 15 is 0 Å². The maximum atomic E-state index is 14.0. The minimum atomic E-state index is -3.79. The Kier molecular flexibility index (Phi) is 10.5. The first-order chi connectivity index (χ1) is 18.1. The molecule has 0 radical (unpaired) electrons. The number of carbonyl (C=O) groups excluding carboxylic acids is 2. The van der Waals surface area contributed by atoms with Crippen molar-refractivity contribution < 1.29 is 18.0 Å². The molecule has 3 rings (SSSR count). The first kappa shape index (κ1) is 29.4. The van der Waals surface area contributed by atoms with Gasteiger partial charge in [-0.15, -0.1) is 0 Å². The quantitative estimate of drug-likeness (QED) is 0.325. The highest BCUT2D eigenvalue weighted by Crippen LogP contribution is 2.22. The molecule has 0 spiro atoms. The van der Waals surface area contributed by atoms with Crippen LogP contribution in [0.3, 0.4) is 0 Å². The van der Waals surface area contributed by atoms with Crippen LogP contribution >= 0.6 is 15.9 Å². The van der Waals surface area contributed by atoms with E-state index in [0.29, 0.717) is 12.1 Å². The molecule has 1 N–H and O–H groups in total. The first-order valence-corrected chi connectivity index (χ1v) is 15.1. The molecule has 2 amide bonds. The summed E-state index contributed by atoms with van der Waals surface area (Å²) in [6, 6.07) is 24.7. The molecule has 0 saturated heterocycles. The molecule has 3 aromatic carbocycles. The molecule has 9 heteroatoms. The van der Waals surface area contributed by atoms with Crippen LogP contribution in [0.4, 0.5) is 5.69 Å². The third kappa shape index (κ3) is 8.43. The second kappa shape index (κ2) is 13.6. The lowest BCUT2D eigenvalue weighted by Crippen LogP contribution is -2.54. The van der Waals surface area contributed by atoms with Crippen LogP contribution < -0.4 is 9.62 Å². The van der Waals surface area contributed by atoms with E-state index in [4.69, 9.17) is 0 Å². The zero-order chi connectivity index (χ0) is 27.7. The molecule has 38 heavy (non-hydrogen) atoms. The Labute approximate surface area is 234 Å². The largest absolute Gasteiger partial charge is 0.352 e. The maximum absolute atomic E-state index is 14.0. The average Bonchev–Trinajstić information content (AvgIpc) is 2.90. The number of hydrogen-bond acceptors (Lipinski definition) is 4. The van der Waals surface area contributed by atoms with Crippen LogP contribution in [-0.4, -0.2) is 50.0 Å². The summed E-state index contributed by atoms with van der Waals surface area (Å²) in [5.74, 6) is -0.746. The Morgan fingerprint density at radius 3 is 1.97 bits per heavy atom. The molecule has 0 fully saturated rings. The van der Waals surface area contributed by atoms with Crippen molar-refractivity contribution in [1.82, 2.24) is 10.2 Å². The standard InChI is InChI=1S/C29H34BrN3O4S/c1-4-22(2)31-29(35)27(19-23-11-7-5-8-12-23)32(20-24-13-9-6-10-14-24)28(34)21-33(38(3,36)37)26-17-15-25(30)16-18-26/h5-18,22,27H,4,19-21H2,1-3H3,(H,31,35). The first-order valence-electron chi connectivity index (χ1n) is 12.5. The van der Waals surface area contributed by atoms with E-state index in [1.807, 2.05) is 74.5 Å². The number of amides is 2. The van der Waals surface area contributed by atoms with E-state index in [-0.39, 0.29) is 18.5 Å². The Bertz CT molecular complexity index is 1300. The number of hydrogen-bond donors (Lipinski definition) is 1. The minimum absolute atomic E-state index is 0.0789. The SMILES string of the molecule is CCC(C)NC(=O)C(Cc1ccccc1)N(Cc1ccccc1)C(=O)CN(c1ccc(Br)cc1)S(C)(=O)=O. The van der Waals surface area contributed by atoms with Crippen LogP contribution in [0.15, 0.2) is 89.4 Å². The molecule has 0 aliphatic heterocycles. The number of sulfonamides is 1. The molecule has 2 unspecified atom stereocenters. The van der Waals surface area contributed by atoms with Crippen molar-refractivity contribution in [2.75, 3.05) is 17.1 Å². The van der Waals surface area contributed by atoms with Crippen LogP contribution in [0.5, 0.6) is 0 Å². The van der Waals surface area contributed by atoms with E-state index in [2.05, 4.69) is 21.2 Å². The van der Waals surface area contributed by atoms with Gasteiger partial charge in [-0.1, -0.05) is 83.5 Å². The van der Waals surface area contributed by atoms with Gasteiger partial charge in [-0.05, 0) is 48.7 Å². The van der Waals surface area contributed by atoms with Crippen LogP contribution in [0, 0.1) is 0 Å². The minimum Gasteiger partial charge on any atom is -0.352 e. The summed E-state index contributed by atoms with van der Waals surface area (Å²) in [5.41, 5.74) is 2.10. The van der Waals surface area contributed by atoms with Crippen molar-refractivity contribution in [2.45, 2.75) is 45.3 Å². The fourth-order valence-electron chi connectivity index (χ4n) is 4.00. The Balaban J connectivity index is 2.03. The number of nitrogens with zero attached hydrogens (tertiary/aromatic N) is 2. The van der Waals surface area contributed by atoms with Crippen LogP contribution in [0.1, 0.15) is 31.4 Å². The normalized spacial score (nSPS) is 12.8. The monoisotopic (exact) mass is 599 g/mol. The van der Waals surface area contributed by atoms with E-state index < -0.39 is 28.5 Å². The number of rotatable bonds is 12. The lowest BCUT2D eigenvalue weighted by molar-refractivity contribution is -0.140. The third-order valence-electron chi connectivity index (χ3n) is 6.26. The van der Waals surface area contributed by atoms with Gasteiger partial charge in [0.1, 0.15) is 12.6 Å². The van der Waals surface area contributed by atoms with E-state index in [1.54, 1.807) is 24.3 Å². The predicted octanol–water partition coefficient (Wildman–Crippen LogP) is 4.77. The van der Waals surface area contributed by atoms with Crippen molar-refractivity contribution in [1.29, 1.82) is 0 Å². The van der Waals surface area contributed by atoms with Gasteiger partial charge in [0.25, 0.3) is 0 Å². The van der Waals surface area contributed by atoms with Crippen molar-refractivity contribution >= 4 is 43.5 Å². The lowest BCUT2D eigenvalue weighted by atomic mass is 10.0. The zero-order valence-electron chi connectivity index (χ0n) is 21.9. The van der Waals surface area contributed by atoms with Crippen LogP contribution in [0.25, 0.3) is 0 Å². The molecule has 3 aromatic rings. The predicted molar refractivity (Wildman–Crippen MR) is 155 cm³/mol. The molecule has 0 aromatic heterocycles. The molecular weight excluding hydrogens is 566 g/mol. The van der Waals surface area contributed by atoms with Gasteiger partial charge in [0.05, 0.1) is 11.9 Å². The second-order valence-corrected chi connectivity index (χ2v) is 12.1. The number of benzene rings is 3. The van der Waals surface area contributed by atoms with Gasteiger partial charge in [-0.25, -0.2) is 8.42 Å². The summed E-state index contributed by atoms with van der Waals surface area (Å²) >= 11 is 3.36. The fourth-order valence-corrected chi connectivity index (χ4v) is 5.11. The average molecular weight is 601 g/mol. The zero-order valence-corrected chi connectivity index (χ0v) is 24.3. The number of nitrogens with one attached hydrogen (secondary N) is 1. The summed E-state index contributed by atoms with van der Waals surface area (Å²) in [4.78, 5) is 29.1. The van der Waals surface area contributed by atoms with Crippen LogP contribution in [-0.2, 0) is 32.6 Å². The van der Waals surface area contributed by atoms with Gasteiger partial charge < -0.3 is 10.2 Å². The third-order valence-corrected chi connectivity index (χ3v) is 7.93. The lowest BCUT2D eigenvalue weighted by Gasteiger charge is -2.34. The van der Waals surface area contributed by atoms with E-state index in [1.165, 1.54) is 4.90 Å². The molecule has 0 aliphatic carbocycles. The molecule has 0 aliphatic rings. The van der Waals surface area contributed by atoms with Crippen molar-refractivity contribution in [3.05, 3.63) is 101 Å². The van der Waals surface area contributed by atoms with Gasteiger partial charge in [0.15, 0.2) is 0 Å². The van der Waals surface area contributed by atoms with Crippen molar-refractivity contribution in [2.24, 2.45) is 0 Å². The summed E-state index contributed by atoms with van der Waals surface area (Å²) in [6.45, 7) is 3.62. The highest BCUT2D eigenvalue weighted by Gasteiger charge is 2.33. The van der Waals surface area contributed by atoms with Gasteiger partial charge in [-0.2, -0.15) is 0 Å². The van der Waals surface area contributed by atoms with Crippen molar-refractivity contribution in [3.63, 3.8) is 0 Å². The highest BCUT2D eigenvalue weighted by atomic mass is 79.9. The van der Waals surface area contributed by atoms with Gasteiger partial charge in [0.2, 0.25) is 21.8 Å². The molecule has 0 heterocycles. The molecular formula is C29H34BrN3O4S. The number of halogens is 1. The van der Waals surface area contributed by atoms with Gasteiger partial charge in [-0.3, -0.25) is 13.9 Å². The van der Waals surface area contributed by atoms with Gasteiger partial charge >= 0.3 is 0 Å². The molecule has 202 valence electrons. The number of anilines is 1. The molecule has 2 atom stereocenters. The molecule has 0 bridgehead atoms. The summed E-state index contributed by atoms with van der Waals surface area (Å²) in [5, 5.41) is 3.02. The number of carbonyl (C=O) groups is 2. The fraction of sp³-hybridized carbons (Fsp3) is 0.310. The second-order valence-electron chi connectivity index (χ2n) is 9.28. The Morgan fingerprint density at radius 2 is 1.45 bits per heavy atom. The molecule has 7 nitrogen and oxygen atoms in total. The summed E-state index contributed by atoms with van der Waals surface area (Å²) < 4.78 is 27.4. The van der Waals surface area contributed by atoms with Crippen molar-refractivity contribution in [3.8, 4) is 0 Å². The van der Waals surface area contributed by atoms with Gasteiger partial charge in [0, 0.05) is 23.5 Å². The summed E-state index contributed by atoms with van der Waals surface area (Å²) in [6.07, 6.45) is 2.10. The van der Waals surface area contributed by atoms with E-state index in [9.17, 15) is 18.0 Å².